The molecule has 1 heterocycles. The van der Waals surface area contributed by atoms with Gasteiger partial charge in [0.25, 0.3) is 0 Å². The summed E-state index contributed by atoms with van der Waals surface area (Å²) in [5, 5.41) is 12.4. The van der Waals surface area contributed by atoms with Gasteiger partial charge in [0, 0.05) is 19.1 Å². The second-order valence-corrected chi connectivity index (χ2v) is 5.33. The summed E-state index contributed by atoms with van der Waals surface area (Å²) < 4.78 is 13.6. The fourth-order valence-electron chi connectivity index (χ4n) is 2.72. The van der Waals surface area contributed by atoms with E-state index in [2.05, 4.69) is 23.2 Å². The maximum atomic E-state index is 13.6. The highest BCUT2D eigenvalue weighted by molar-refractivity contribution is 5.72. The molecule has 0 aromatic heterocycles. The first-order valence-corrected chi connectivity index (χ1v) is 6.96. The maximum Gasteiger partial charge on any atom is 0.124 e. The second-order valence-electron chi connectivity index (χ2n) is 5.33. The van der Waals surface area contributed by atoms with Gasteiger partial charge in [-0.2, -0.15) is 5.26 Å². The van der Waals surface area contributed by atoms with Crippen molar-refractivity contribution in [3.63, 3.8) is 0 Å². The van der Waals surface area contributed by atoms with Crippen molar-refractivity contribution in [2.24, 2.45) is 0 Å². The van der Waals surface area contributed by atoms with Crippen molar-refractivity contribution in [1.29, 1.82) is 5.26 Å². The van der Waals surface area contributed by atoms with Gasteiger partial charge in [-0.05, 0) is 42.8 Å². The zero-order valence-corrected chi connectivity index (χ0v) is 11.8. The molecule has 0 aliphatic carbocycles. The van der Waals surface area contributed by atoms with Crippen molar-refractivity contribution in [2.75, 3.05) is 16.8 Å². The predicted octanol–water partition coefficient (Wildman–Crippen LogP) is 3.52. The molecular weight excluding hydrogens is 265 g/mol. The van der Waals surface area contributed by atoms with Crippen molar-refractivity contribution in [2.45, 2.75) is 19.5 Å². The number of fused-ring (bicyclic) bond motifs is 1. The molecule has 2 aromatic rings. The van der Waals surface area contributed by atoms with E-state index in [0.29, 0.717) is 18.2 Å². The van der Waals surface area contributed by atoms with Gasteiger partial charge in [-0.15, -0.1) is 0 Å². The van der Waals surface area contributed by atoms with E-state index in [9.17, 15) is 4.39 Å². The highest BCUT2D eigenvalue weighted by atomic mass is 19.1. The van der Waals surface area contributed by atoms with E-state index in [-0.39, 0.29) is 5.82 Å². The molecule has 0 radical (unpaired) electrons. The minimum absolute atomic E-state index is 0.300. The summed E-state index contributed by atoms with van der Waals surface area (Å²) in [4.78, 5) is 2.24. The van der Waals surface area contributed by atoms with Crippen LogP contribution in [0, 0.1) is 17.1 Å². The van der Waals surface area contributed by atoms with E-state index in [1.165, 1.54) is 12.1 Å². The van der Waals surface area contributed by atoms with Crippen LogP contribution in [0.15, 0.2) is 42.5 Å². The first-order valence-electron chi connectivity index (χ1n) is 6.96. The first-order chi connectivity index (χ1) is 10.2. The van der Waals surface area contributed by atoms with Gasteiger partial charge in [0.05, 0.1) is 23.0 Å². The van der Waals surface area contributed by atoms with Gasteiger partial charge in [0.15, 0.2) is 0 Å². The molecule has 0 saturated carbocycles. The number of hydrogen-bond donors (Lipinski definition) is 1. The number of hydrogen-bond acceptors (Lipinski definition) is 3. The largest absolute Gasteiger partial charge is 0.381 e. The summed E-state index contributed by atoms with van der Waals surface area (Å²) in [5.74, 6) is -0.361. The molecule has 1 unspecified atom stereocenters. The number of para-hydroxylation sites is 2. The van der Waals surface area contributed by atoms with E-state index in [4.69, 9.17) is 5.26 Å². The van der Waals surface area contributed by atoms with E-state index in [1.54, 1.807) is 6.07 Å². The van der Waals surface area contributed by atoms with E-state index >= 15 is 0 Å². The topological polar surface area (TPSA) is 39.1 Å². The van der Waals surface area contributed by atoms with Crippen LogP contribution in [0.5, 0.6) is 0 Å². The molecule has 1 aliphatic rings. The third kappa shape index (κ3) is 2.68. The molecule has 21 heavy (non-hydrogen) atoms. The van der Waals surface area contributed by atoms with Crippen LogP contribution in [0.3, 0.4) is 0 Å². The second kappa shape index (κ2) is 5.45. The molecule has 0 saturated heterocycles. The van der Waals surface area contributed by atoms with Gasteiger partial charge in [-0.3, -0.25) is 0 Å². The number of halogens is 1. The molecule has 1 N–H and O–H groups in total. The Bertz CT molecular complexity index is 705. The number of nitriles is 1. The lowest BCUT2D eigenvalue weighted by Crippen LogP contribution is -2.41. The number of nitrogens with zero attached hydrogens (tertiary/aromatic N) is 2. The van der Waals surface area contributed by atoms with Crippen LogP contribution >= 0.6 is 0 Å². The molecule has 1 aliphatic heterocycles. The minimum atomic E-state index is -0.361. The molecule has 106 valence electrons. The summed E-state index contributed by atoms with van der Waals surface area (Å²) in [6, 6.07) is 14.9. The van der Waals surface area contributed by atoms with Gasteiger partial charge in [-0.25, -0.2) is 4.39 Å². The third-order valence-electron chi connectivity index (χ3n) is 3.77. The molecule has 3 rings (SSSR count). The average molecular weight is 281 g/mol. The van der Waals surface area contributed by atoms with Crippen LogP contribution in [0.4, 0.5) is 15.8 Å². The fraction of sp³-hybridized carbons (Fsp3) is 0.235. The SMILES string of the molecule is CC1CNc2ccccc2N1Cc1cc(F)cc(C#N)c1. The Hall–Kier alpha value is -2.54. The van der Waals surface area contributed by atoms with Crippen LogP contribution in [0.2, 0.25) is 0 Å². The lowest BCUT2D eigenvalue weighted by molar-refractivity contribution is 0.615. The summed E-state index contributed by atoms with van der Waals surface area (Å²) in [5.41, 5.74) is 3.38. The number of benzene rings is 2. The van der Waals surface area contributed by atoms with Crippen LogP contribution in [0.25, 0.3) is 0 Å². The smallest absolute Gasteiger partial charge is 0.124 e. The van der Waals surface area contributed by atoms with Crippen molar-refractivity contribution < 1.29 is 4.39 Å². The van der Waals surface area contributed by atoms with Crippen molar-refractivity contribution in [1.82, 2.24) is 0 Å². The number of nitrogens with one attached hydrogen (secondary N) is 1. The van der Waals surface area contributed by atoms with Crippen LogP contribution in [0.1, 0.15) is 18.1 Å². The molecule has 1 atom stereocenters. The monoisotopic (exact) mass is 281 g/mol. The predicted molar refractivity (Wildman–Crippen MR) is 81.7 cm³/mol. The Balaban J connectivity index is 1.94. The lowest BCUT2D eigenvalue weighted by Gasteiger charge is -2.37. The number of anilines is 2. The average Bonchev–Trinajstić information content (AvgIpc) is 2.49. The third-order valence-corrected chi connectivity index (χ3v) is 3.77. The van der Waals surface area contributed by atoms with E-state index in [1.807, 2.05) is 24.3 Å². The molecule has 0 fully saturated rings. The standard InChI is InChI=1S/C17H16FN3/c1-12-10-20-16-4-2-3-5-17(16)21(12)11-14-6-13(9-19)7-15(18)8-14/h2-8,12,20H,10-11H2,1H3. The summed E-state index contributed by atoms with van der Waals surface area (Å²) >= 11 is 0. The summed E-state index contributed by atoms with van der Waals surface area (Å²) in [7, 11) is 0. The van der Waals surface area contributed by atoms with Crippen molar-refractivity contribution in [3.05, 3.63) is 59.4 Å². The van der Waals surface area contributed by atoms with Gasteiger partial charge in [0.2, 0.25) is 0 Å². The van der Waals surface area contributed by atoms with Crippen molar-refractivity contribution in [3.8, 4) is 6.07 Å². The minimum Gasteiger partial charge on any atom is -0.381 e. The van der Waals surface area contributed by atoms with E-state index in [0.717, 1.165) is 23.5 Å². The molecular formula is C17H16FN3. The Morgan fingerprint density at radius 3 is 2.95 bits per heavy atom. The zero-order valence-electron chi connectivity index (χ0n) is 11.8. The van der Waals surface area contributed by atoms with Gasteiger partial charge < -0.3 is 10.2 Å². The Kier molecular flexibility index (Phi) is 3.49. The van der Waals surface area contributed by atoms with Gasteiger partial charge in [-0.1, -0.05) is 12.1 Å². The highest BCUT2D eigenvalue weighted by Crippen LogP contribution is 2.32. The zero-order chi connectivity index (χ0) is 14.8. The summed E-state index contributed by atoms with van der Waals surface area (Å²) in [6.45, 7) is 3.57. The maximum absolute atomic E-state index is 13.6. The Labute approximate surface area is 123 Å². The Morgan fingerprint density at radius 2 is 2.14 bits per heavy atom. The number of rotatable bonds is 2. The van der Waals surface area contributed by atoms with Crippen LogP contribution in [-0.2, 0) is 6.54 Å². The van der Waals surface area contributed by atoms with Crippen molar-refractivity contribution >= 4 is 11.4 Å². The van der Waals surface area contributed by atoms with Gasteiger partial charge >= 0.3 is 0 Å². The highest BCUT2D eigenvalue weighted by Gasteiger charge is 2.22. The first kappa shape index (κ1) is 13.4. The fourth-order valence-corrected chi connectivity index (χ4v) is 2.72. The molecule has 4 heteroatoms. The van der Waals surface area contributed by atoms with Gasteiger partial charge in [0.1, 0.15) is 5.82 Å². The molecule has 0 bridgehead atoms. The Morgan fingerprint density at radius 1 is 1.33 bits per heavy atom. The summed E-state index contributed by atoms with van der Waals surface area (Å²) in [6.07, 6.45) is 0. The normalized spacial score (nSPS) is 16.8. The van der Waals surface area contributed by atoms with Crippen LogP contribution < -0.4 is 10.2 Å². The molecule has 2 aromatic carbocycles. The molecule has 0 spiro atoms. The van der Waals surface area contributed by atoms with Crippen LogP contribution in [-0.4, -0.2) is 12.6 Å². The lowest BCUT2D eigenvalue weighted by atomic mass is 10.1. The quantitative estimate of drug-likeness (QED) is 0.915. The van der Waals surface area contributed by atoms with E-state index < -0.39 is 0 Å². The molecule has 0 amide bonds. The molecule has 3 nitrogen and oxygen atoms in total.